The van der Waals surface area contributed by atoms with Crippen LogP contribution in [0.15, 0.2) is 35.5 Å². The number of unbranched alkanes of at least 4 members (excludes halogenated alkanes) is 1. The molecule has 0 saturated carbocycles. The number of nitrogens with one attached hydrogen (secondary N) is 1. The van der Waals surface area contributed by atoms with Crippen LogP contribution in [0.4, 0.5) is 5.82 Å². The Morgan fingerprint density at radius 1 is 1.25 bits per heavy atom. The fourth-order valence-electron chi connectivity index (χ4n) is 2.79. The smallest absolute Gasteiger partial charge is 0.251 e. The van der Waals surface area contributed by atoms with Crippen molar-refractivity contribution in [3.05, 3.63) is 46.6 Å². The lowest BCUT2D eigenvalue weighted by Crippen LogP contribution is -2.36. The van der Waals surface area contributed by atoms with Crippen LogP contribution in [-0.2, 0) is 10.5 Å². The van der Waals surface area contributed by atoms with Gasteiger partial charge < -0.3 is 15.0 Å². The number of nitrogens with zero attached hydrogens (tertiary/aromatic N) is 3. The van der Waals surface area contributed by atoms with Crippen molar-refractivity contribution in [1.82, 2.24) is 15.3 Å². The molecule has 6 nitrogen and oxygen atoms in total. The molecule has 1 aliphatic heterocycles. The van der Waals surface area contributed by atoms with Gasteiger partial charge in [-0.3, -0.25) is 4.79 Å². The van der Waals surface area contributed by atoms with E-state index in [-0.39, 0.29) is 5.91 Å². The van der Waals surface area contributed by atoms with E-state index in [1.807, 2.05) is 24.3 Å². The number of thioether (sulfide) groups is 1. The van der Waals surface area contributed by atoms with Crippen LogP contribution >= 0.6 is 23.4 Å². The van der Waals surface area contributed by atoms with Crippen LogP contribution in [0.2, 0.25) is 5.15 Å². The van der Waals surface area contributed by atoms with E-state index in [1.165, 1.54) is 11.8 Å². The van der Waals surface area contributed by atoms with E-state index in [2.05, 4.69) is 27.1 Å². The summed E-state index contributed by atoms with van der Waals surface area (Å²) in [5, 5.41) is 4.02. The second kappa shape index (κ2) is 10.6. The van der Waals surface area contributed by atoms with E-state index in [0.717, 1.165) is 37.3 Å². The fraction of sp³-hybridized carbons (Fsp3) is 0.450. The van der Waals surface area contributed by atoms with Crippen LogP contribution in [0.25, 0.3) is 0 Å². The van der Waals surface area contributed by atoms with Gasteiger partial charge in [-0.1, -0.05) is 48.8 Å². The highest BCUT2D eigenvalue weighted by molar-refractivity contribution is 7.98. The summed E-state index contributed by atoms with van der Waals surface area (Å²) in [6, 6.07) is 9.44. The number of anilines is 1. The first kappa shape index (κ1) is 20.9. The predicted molar refractivity (Wildman–Crippen MR) is 113 cm³/mol. The highest BCUT2D eigenvalue weighted by Gasteiger charge is 2.15. The normalized spacial score (nSPS) is 14.1. The summed E-state index contributed by atoms with van der Waals surface area (Å²) in [5.74, 6) is 1.52. The quantitative estimate of drug-likeness (QED) is 0.303. The first-order valence-corrected chi connectivity index (χ1v) is 10.9. The van der Waals surface area contributed by atoms with Gasteiger partial charge in [0.15, 0.2) is 5.16 Å². The zero-order valence-electron chi connectivity index (χ0n) is 16.0. The topological polar surface area (TPSA) is 67.4 Å². The van der Waals surface area contributed by atoms with Crippen molar-refractivity contribution in [1.29, 1.82) is 0 Å². The number of carbonyl (C=O) groups excluding carboxylic acids is 1. The molecule has 1 fully saturated rings. The first-order valence-electron chi connectivity index (χ1n) is 9.53. The van der Waals surface area contributed by atoms with Gasteiger partial charge in [0, 0.05) is 37.0 Å². The number of hydrogen-bond donors (Lipinski definition) is 1. The van der Waals surface area contributed by atoms with Gasteiger partial charge in [0.05, 0.1) is 13.2 Å². The Hall–Kier alpha value is -1.83. The zero-order chi connectivity index (χ0) is 19.8. The Morgan fingerprint density at radius 3 is 2.71 bits per heavy atom. The Balaban J connectivity index is 1.57. The third kappa shape index (κ3) is 6.09. The maximum atomic E-state index is 12.1. The summed E-state index contributed by atoms with van der Waals surface area (Å²) in [7, 11) is 0. The van der Waals surface area contributed by atoms with Crippen molar-refractivity contribution in [2.24, 2.45) is 0 Å². The molecule has 3 rings (SSSR count). The lowest BCUT2D eigenvalue weighted by Gasteiger charge is -2.27. The first-order chi connectivity index (χ1) is 13.7. The summed E-state index contributed by atoms with van der Waals surface area (Å²) < 4.78 is 5.39. The van der Waals surface area contributed by atoms with Crippen molar-refractivity contribution in [2.45, 2.75) is 30.7 Å². The number of morpholine rings is 1. The SMILES string of the molecule is CCCCNC(=O)c1ccc(CSc2nc(Cl)cc(N3CCOCC3)n2)cc1. The van der Waals surface area contributed by atoms with E-state index in [0.29, 0.717) is 41.4 Å². The number of aromatic nitrogens is 2. The highest BCUT2D eigenvalue weighted by Crippen LogP contribution is 2.25. The van der Waals surface area contributed by atoms with Crippen molar-refractivity contribution in [2.75, 3.05) is 37.7 Å². The van der Waals surface area contributed by atoms with Gasteiger partial charge in [-0.15, -0.1) is 0 Å². The third-order valence-electron chi connectivity index (χ3n) is 4.40. The molecule has 0 bridgehead atoms. The molecule has 1 N–H and O–H groups in total. The zero-order valence-corrected chi connectivity index (χ0v) is 17.6. The average Bonchev–Trinajstić information content (AvgIpc) is 2.73. The van der Waals surface area contributed by atoms with Crippen molar-refractivity contribution < 1.29 is 9.53 Å². The second-order valence-electron chi connectivity index (χ2n) is 6.53. The lowest BCUT2D eigenvalue weighted by molar-refractivity contribution is 0.0953. The number of carbonyl (C=O) groups is 1. The number of ether oxygens (including phenoxy) is 1. The maximum absolute atomic E-state index is 12.1. The second-order valence-corrected chi connectivity index (χ2v) is 7.86. The number of halogens is 1. The molecule has 2 heterocycles. The van der Waals surface area contributed by atoms with Crippen LogP contribution in [0, 0.1) is 0 Å². The molecule has 28 heavy (non-hydrogen) atoms. The van der Waals surface area contributed by atoms with Gasteiger partial charge in [0.25, 0.3) is 5.91 Å². The van der Waals surface area contributed by atoms with Gasteiger partial charge in [0.1, 0.15) is 11.0 Å². The lowest BCUT2D eigenvalue weighted by atomic mass is 10.1. The Kier molecular flexibility index (Phi) is 7.94. The number of rotatable bonds is 8. The minimum Gasteiger partial charge on any atom is -0.378 e. The van der Waals surface area contributed by atoms with E-state index in [4.69, 9.17) is 16.3 Å². The van der Waals surface area contributed by atoms with Gasteiger partial charge in [0.2, 0.25) is 0 Å². The molecule has 0 spiro atoms. The van der Waals surface area contributed by atoms with E-state index < -0.39 is 0 Å². The molecule has 1 aromatic carbocycles. The Bertz CT molecular complexity index is 782. The molecule has 0 atom stereocenters. The van der Waals surface area contributed by atoms with Crippen LogP contribution in [0.5, 0.6) is 0 Å². The van der Waals surface area contributed by atoms with E-state index in [1.54, 1.807) is 6.07 Å². The highest BCUT2D eigenvalue weighted by atomic mass is 35.5. The molecule has 0 unspecified atom stereocenters. The summed E-state index contributed by atoms with van der Waals surface area (Å²) >= 11 is 7.72. The van der Waals surface area contributed by atoms with Crippen LogP contribution in [0.3, 0.4) is 0 Å². The molecule has 2 aromatic rings. The largest absolute Gasteiger partial charge is 0.378 e. The Morgan fingerprint density at radius 2 is 2.00 bits per heavy atom. The summed E-state index contributed by atoms with van der Waals surface area (Å²) in [4.78, 5) is 23.2. The van der Waals surface area contributed by atoms with Gasteiger partial charge in [-0.2, -0.15) is 0 Å². The molecule has 0 aliphatic carbocycles. The fourth-order valence-corrected chi connectivity index (χ4v) is 3.82. The van der Waals surface area contributed by atoms with Crippen LogP contribution in [-0.4, -0.2) is 48.7 Å². The van der Waals surface area contributed by atoms with Gasteiger partial charge in [-0.05, 0) is 24.1 Å². The molecule has 150 valence electrons. The molecule has 0 radical (unpaired) electrons. The van der Waals surface area contributed by atoms with Crippen molar-refractivity contribution >= 4 is 35.1 Å². The molecule has 1 aromatic heterocycles. The summed E-state index contributed by atoms with van der Waals surface area (Å²) in [6.45, 7) is 5.82. The van der Waals surface area contributed by atoms with E-state index >= 15 is 0 Å². The minimum atomic E-state index is -0.0269. The number of benzene rings is 1. The van der Waals surface area contributed by atoms with Crippen LogP contribution in [0.1, 0.15) is 35.7 Å². The molecule has 1 aliphatic rings. The Labute approximate surface area is 175 Å². The molecular formula is C20H25ClN4O2S. The predicted octanol–water partition coefficient (Wildman–Crippen LogP) is 3.79. The maximum Gasteiger partial charge on any atom is 0.251 e. The van der Waals surface area contributed by atoms with E-state index in [9.17, 15) is 4.79 Å². The summed E-state index contributed by atoms with van der Waals surface area (Å²) in [6.07, 6.45) is 2.06. The summed E-state index contributed by atoms with van der Waals surface area (Å²) in [5.41, 5.74) is 1.78. The van der Waals surface area contributed by atoms with Crippen molar-refractivity contribution in [3.63, 3.8) is 0 Å². The standard InChI is InChI=1S/C20H25ClN4O2S/c1-2-3-8-22-19(26)16-6-4-15(5-7-16)14-28-20-23-17(21)13-18(24-20)25-9-11-27-12-10-25/h4-7,13H,2-3,8-12,14H2,1H3,(H,22,26). The number of amides is 1. The average molecular weight is 421 g/mol. The van der Waals surface area contributed by atoms with Gasteiger partial charge in [-0.25, -0.2) is 9.97 Å². The van der Waals surface area contributed by atoms with Crippen molar-refractivity contribution in [3.8, 4) is 0 Å². The molecule has 8 heteroatoms. The van der Waals surface area contributed by atoms with Gasteiger partial charge >= 0.3 is 0 Å². The number of hydrogen-bond acceptors (Lipinski definition) is 6. The molecular weight excluding hydrogens is 396 g/mol. The third-order valence-corrected chi connectivity index (χ3v) is 5.51. The van der Waals surface area contributed by atoms with Crippen LogP contribution < -0.4 is 10.2 Å². The molecule has 1 saturated heterocycles. The molecule has 1 amide bonds. The minimum absolute atomic E-state index is 0.0269. The monoisotopic (exact) mass is 420 g/mol.